The van der Waals surface area contributed by atoms with Crippen molar-refractivity contribution in [1.29, 1.82) is 0 Å². The van der Waals surface area contributed by atoms with Crippen LogP contribution in [0.2, 0.25) is 0 Å². The molecule has 0 spiro atoms. The van der Waals surface area contributed by atoms with Crippen LogP contribution in [0.4, 0.5) is 9.52 Å². The zero-order valence-corrected chi connectivity index (χ0v) is 14.4. The zero-order valence-electron chi connectivity index (χ0n) is 12.7. The molecule has 1 unspecified atom stereocenters. The van der Waals surface area contributed by atoms with Crippen LogP contribution in [0.3, 0.4) is 0 Å². The average molecular weight is 360 g/mol. The van der Waals surface area contributed by atoms with Crippen molar-refractivity contribution >= 4 is 44.4 Å². The predicted octanol–water partition coefficient (Wildman–Crippen LogP) is 4.22. The molecule has 1 atom stereocenters. The fourth-order valence-electron chi connectivity index (χ4n) is 2.68. The van der Waals surface area contributed by atoms with Crippen LogP contribution >= 0.6 is 23.1 Å². The number of para-hydroxylation sites is 1. The topological polar surface area (TPSA) is 42.4 Å². The van der Waals surface area contributed by atoms with E-state index in [2.05, 4.69) is 4.98 Å². The summed E-state index contributed by atoms with van der Waals surface area (Å²) in [6.07, 6.45) is 0. The highest BCUT2D eigenvalue weighted by molar-refractivity contribution is 8.00. The maximum absolute atomic E-state index is 13.2. The van der Waals surface area contributed by atoms with Crippen molar-refractivity contribution in [1.82, 2.24) is 4.98 Å². The van der Waals surface area contributed by atoms with E-state index in [0.717, 1.165) is 15.8 Å². The summed E-state index contributed by atoms with van der Waals surface area (Å²) in [5.41, 5.74) is 1.64. The highest BCUT2D eigenvalue weighted by Gasteiger charge is 2.36. The first-order valence-electron chi connectivity index (χ1n) is 7.30. The number of methoxy groups -OCH3 is 1. The molecule has 1 saturated heterocycles. The van der Waals surface area contributed by atoms with Crippen LogP contribution in [0.1, 0.15) is 10.9 Å². The lowest BCUT2D eigenvalue weighted by Crippen LogP contribution is -2.27. The first-order valence-corrected chi connectivity index (χ1v) is 9.16. The molecule has 7 heteroatoms. The van der Waals surface area contributed by atoms with Gasteiger partial charge in [-0.1, -0.05) is 29.5 Å². The predicted molar refractivity (Wildman–Crippen MR) is 95.3 cm³/mol. The molecule has 0 radical (unpaired) electrons. The van der Waals surface area contributed by atoms with Gasteiger partial charge in [0, 0.05) is 0 Å². The van der Waals surface area contributed by atoms with E-state index >= 15 is 0 Å². The molecule has 4 nitrogen and oxygen atoms in total. The Morgan fingerprint density at radius 1 is 1.25 bits per heavy atom. The van der Waals surface area contributed by atoms with Gasteiger partial charge in [-0.15, -0.1) is 11.8 Å². The fraction of sp³-hybridized carbons (Fsp3) is 0.176. The van der Waals surface area contributed by atoms with E-state index in [-0.39, 0.29) is 17.1 Å². The van der Waals surface area contributed by atoms with Crippen LogP contribution in [0, 0.1) is 5.82 Å². The highest BCUT2D eigenvalue weighted by atomic mass is 32.2. The highest BCUT2D eigenvalue weighted by Crippen LogP contribution is 2.44. The Hall–Kier alpha value is -2.12. The molecule has 0 bridgehead atoms. The molecular weight excluding hydrogens is 347 g/mol. The summed E-state index contributed by atoms with van der Waals surface area (Å²) in [5, 5.41) is 0.448. The number of thiazole rings is 1. The molecule has 0 aliphatic carbocycles. The number of benzene rings is 2. The number of amides is 1. The smallest absolute Gasteiger partial charge is 0.240 e. The number of hydrogen-bond acceptors (Lipinski definition) is 5. The molecule has 2 heterocycles. The van der Waals surface area contributed by atoms with E-state index in [1.54, 1.807) is 24.1 Å². The number of halogens is 1. The lowest BCUT2D eigenvalue weighted by atomic mass is 10.2. The second-order valence-electron chi connectivity index (χ2n) is 5.28. The Morgan fingerprint density at radius 3 is 2.79 bits per heavy atom. The standard InChI is InChI=1S/C17H13FN2O2S2/c1-22-12-3-2-4-13-15(12)19-17(24-13)20-14(21)9-23-16(20)10-5-7-11(18)8-6-10/h2-8,16H,9H2,1H3. The Bertz CT molecular complexity index is 911. The van der Waals surface area contributed by atoms with Gasteiger partial charge >= 0.3 is 0 Å². The van der Waals surface area contributed by atoms with Gasteiger partial charge in [0.05, 0.1) is 17.6 Å². The van der Waals surface area contributed by atoms with Gasteiger partial charge in [0.1, 0.15) is 22.5 Å². The van der Waals surface area contributed by atoms with Gasteiger partial charge in [0.15, 0.2) is 5.13 Å². The first-order chi connectivity index (χ1) is 11.7. The number of ether oxygens (including phenoxy) is 1. The van der Waals surface area contributed by atoms with Gasteiger partial charge in [-0.2, -0.15) is 0 Å². The van der Waals surface area contributed by atoms with E-state index in [1.165, 1.54) is 35.2 Å². The molecule has 1 aromatic heterocycles. The van der Waals surface area contributed by atoms with Crippen LogP contribution in [0.15, 0.2) is 42.5 Å². The van der Waals surface area contributed by atoms with Crippen LogP contribution < -0.4 is 9.64 Å². The van der Waals surface area contributed by atoms with E-state index < -0.39 is 0 Å². The van der Waals surface area contributed by atoms with E-state index in [9.17, 15) is 9.18 Å². The number of carbonyl (C=O) groups excluding carboxylic acids is 1. The lowest BCUT2D eigenvalue weighted by Gasteiger charge is -2.21. The molecule has 1 aliphatic rings. The van der Waals surface area contributed by atoms with Gasteiger partial charge in [-0.25, -0.2) is 9.37 Å². The maximum Gasteiger partial charge on any atom is 0.240 e. The molecule has 122 valence electrons. The summed E-state index contributed by atoms with van der Waals surface area (Å²) in [7, 11) is 1.60. The molecule has 0 N–H and O–H groups in total. The van der Waals surface area contributed by atoms with Gasteiger partial charge in [-0.3, -0.25) is 9.69 Å². The maximum atomic E-state index is 13.2. The third kappa shape index (κ3) is 2.53. The largest absolute Gasteiger partial charge is 0.494 e. The summed E-state index contributed by atoms with van der Waals surface area (Å²) in [6, 6.07) is 12.0. The second-order valence-corrected chi connectivity index (χ2v) is 7.36. The number of anilines is 1. The van der Waals surface area contributed by atoms with Crippen LogP contribution in [-0.4, -0.2) is 23.8 Å². The van der Waals surface area contributed by atoms with Crippen molar-refractivity contribution in [2.75, 3.05) is 17.8 Å². The number of thioether (sulfide) groups is 1. The molecular formula is C17H13FN2O2S2. The second kappa shape index (κ2) is 6.07. The monoisotopic (exact) mass is 360 g/mol. The average Bonchev–Trinajstić information content (AvgIpc) is 3.18. The zero-order chi connectivity index (χ0) is 16.7. The minimum absolute atomic E-state index is 0.00680. The molecule has 2 aromatic carbocycles. The Labute approximate surface area is 146 Å². The molecule has 4 rings (SSSR count). The quantitative estimate of drug-likeness (QED) is 0.701. The SMILES string of the molecule is COc1cccc2sc(N3C(=O)CSC3c3ccc(F)cc3)nc12. The number of carbonyl (C=O) groups is 1. The van der Waals surface area contributed by atoms with Gasteiger partial charge in [-0.05, 0) is 29.8 Å². The third-order valence-corrected chi connectivity index (χ3v) is 6.05. The van der Waals surface area contributed by atoms with Gasteiger partial charge in [0.25, 0.3) is 0 Å². The number of fused-ring (bicyclic) bond motifs is 1. The number of rotatable bonds is 3. The van der Waals surface area contributed by atoms with Crippen LogP contribution in [-0.2, 0) is 4.79 Å². The Balaban J connectivity index is 1.78. The van der Waals surface area contributed by atoms with Crippen molar-refractivity contribution in [3.63, 3.8) is 0 Å². The molecule has 1 aliphatic heterocycles. The minimum Gasteiger partial charge on any atom is -0.494 e. The van der Waals surface area contributed by atoms with Gasteiger partial charge in [0.2, 0.25) is 5.91 Å². The Kier molecular flexibility index (Phi) is 3.90. The summed E-state index contributed by atoms with van der Waals surface area (Å²) >= 11 is 2.98. The summed E-state index contributed by atoms with van der Waals surface area (Å²) < 4.78 is 19.5. The van der Waals surface area contributed by atoms with Crippen molar-refractivity contribution in [3.8, 4) is 5.75 Å². The number of nitrogens with zero attached hydrogens (tertiary/aromatic N) is 2. The molecule has 1 fully saturated rings. The summed E-state index contributed by atoms with van der Waals surface area (Å²) in [6.45, 7) is 0. The van der Waals surface area contributed by atoms with E-state index in [1.807, 2.05) is 18.2 Å². The van der Waals surface area contributed by atoms with E-state index in [0.29, 0.717) is 16.6 Å². The Morgan fingerprint density at radius 2 is 2.04 bits per heavy atom. The van der Waals surface area contributed by atoms with Crippen molar-refractivity contribution in [2.45, 2.75) is 5.37 Å². The molecule has 1 amide bonds. The third-order valence-electron chi connectivity index (χ3n) is 3.82. The van der Waals surface area contributed by atoms with Crippen molar-refractivity contribution in [3.05, 3.63) is 53.8 Å². The van der Waals surface area contributed by atoms with Crippen LogP contribution in [0.5, 0.6) is 5.75 Å². The van der Waals surface area contributed by atoms with Crippen molar-refractivity contribution in [2.24, 2.45) is 0 Å². The summed E-state index contributed by atoms with van der Waals surface area (Å²) in [5.74, 6) is 0.791. The molecule has 24 heavy (non-hydrogen) atoms. The number of hydrogen-bond donors (Lipinski definition) is 0. The normalized spacial score (nSPS) is 17.7. The molecule has 3 aromatic rings. The van der Waals surface area contributed by atoms with Gasteiger partial charge < -0.3 is 4.74 Å². The number of aromatic nitrogens is 1. The molecule has 0 saturated carbocycles. The summed E-state index contributed by atoms with van der Waals surface area (Å²) in [4.78, 5) is 18.7. The lowest BCUT2D eigenvalue weighted by molar-refractivity contribution is -0.115. The first kappa shape index (κ1) is 15.4. The van der Waals surface area contributed by atoms with E-state index in [4.69, 9.17) is 4.74 Å². The minimum atomic E-state index is -0.288. The fourth-order valence-corrected chi connectivity index (χ4v) is 4.94. The van der Waals surface area contributed by atoms with Crippen molar-refractivity contribution < 1.29 is 13.9 Å². The van der Waals surface area contributed by atoms with Crippen LogP contribution in [0.25, 0.3) is 10.2 Å².